The molecule has 2 rings (SSSR count). The van der Waals surface area contributed by atoms with Gasteiger partial charge < -0.3 is 59.4 Å². The molecule has 0 amide bonds. The van der Waals surface area contributed by atoms with Crippen LogP contribution in [0.4, 0.5) is 0 Å². The molecule has 0 aromatic carbocycles. The molecule has 2 saturated heterocycles. The molecular formula is C27H52O15S. The number of rotatable bonds is 21. The molecule has 0 aliphatic carbocycles. The fourth-order valence-electron chi connectivity index (χ4n) is 4.97. The summed E-state index contributed by atoms with van der Waals surface area (Å²) in [6, 6.07) is 0. The van der Waals surface area contributed by atoms with Gasteiger partial charge in [0.05, 0.1) is 25.9 Å². The summed E-state index contributed by atoms with van der Waals surface area (Å²) >= 11 is 0. The molecule has 15 nitrogen and oxygen atoms in total. The normalized spacial score (nSPS) is 34.3. The maximum Gasteiger partial charge on any atom is 0.267 e. The molecule has 2 aliphatic rings. The van der Waals surface area contributed by atoms with E-state index in [1.54, 1.807) is 0 Å². The van der Waals surface area contributed by atoms with Crippen LogP contribution in [0.3, 0.4) is 0 Å². The van der Waals surface area contributed by atoms with Crippen LogP contribution in [0.5, 0.6) is 0 Å². The molecule has 1 unspecified atom stereocenters. The first kappa shape index (κ1) is 38.6. The van der Waals surface area contributed by atoms with Gasteiger partial charge in [-0.05, 0) is 6.42 Å². The number of hydrogen-bond acceptors (Lipinski definition) is 14. The largest absolute Gasteiger partial charge is 0.390 e. The second-order valence-electron chi connectivity index (χ2n) is 11.4. The van der Waals surface area contributed by atoms with E-state index in [0.29, 0.717) is 0 Å². The average Bonchev–Trinajstić information content (AvgIpc) is 2.94. The summed E-state index contributed by atoms with van der Waals surface area (Å²) in [7, 11) is -4.44. The van der Waals surface area contributed by atoms with E-state index in [1.807, 2.05) is 0 Å². The zero-order chi connectivity index (χ0) is 32.0. The van der Waals surface area contributed by atoms with Crippen molar-refractivity contribution >= 4 is 10.1 Å². The molecule has 0 bridgehead atoms. The Morgan fingerprint density at radius 2 is 1.12 bits per heavy atom. The molecule has 43 heavy (non-hydrogen) atoms. The quantitative estimate of drug-likeness (QED) is 0.0540. The van der Waals surface area contributed by atoms with Crippen LogP contribution in [0, 0.1) is 0 Å². The van der Waals surface area contributed by atoms with Crippen molar-refractivity contribution in [3.8, 4) is 0 Å². The second-order valence-corrected chi connectivity index (χ2v) is 12.9. The fraction of sp³-hybridized carbons (Fsp3) is 1.00. The smallest absolute Gasteiger partial charge is 0.267 e. The highest BCUT2D eigenvalue weighted by Crippen LogP contribution is 2.26. The summed E-state index contributed by atoms with van der Waals surface area (Å²) in [5.74, 6) is -0.970. The van der Waals surface area contributed by atoms with E-state index in [-0.39, 0.29) is 6.61 Å². The van der Waals surface area contributed by atoms with Gasteiger partial charge in [-0.1, -0.05) is 64.7 Å². The Bertz CT molecular complexity index is 848. The minimum atomic E-state index is -4.44. The van der Waals surface area contributed by atoms with Crippen LogP contribution in [0.15, 0.2) is 0 Å². The van der Waals surface area contributed by atoms with Crippen molar-refractivity contribution in [1.29, 1.82) is 0 Å². The number of unbranched alkanes of at least 4 members (excludes halogenated alkanes) is 9. The van der Waals surface area contributed by atoms with Crippen molar-refractivity contribution in [2.45, 2.75) is 139 Å². The van der Waals surface area contributed by atoms with E-state index in [4.69, 9.17) is 28.2 Å². The SMILES string of the molecule is CCCCCCCCCCCCO[C@@H]1O[C@H](CO[C@H]2O[C@H](COCC(O)CS(=O)(=O)O)[C@@H](O)[C@H](O)[C@H]2O)[C@@H](O)[C@H](O)[C@H]1O. The maximum atomic E-state index is 10.8. The van der Waals surface area contributed by atoms with E-state index in [2.05, 4.69) is 6.92 Å². The predicted molar refractivity (Wildman–Crippen MR) is 150 cm³/mol. The molecule has 8 N–H and O–H groups in total. The highest BCUT2D eigenvalue weighted by molar-refractivity contribution is 7.85. The molecular weight excluding hydrogens is 596 g/mol. The lowest BCUT2D eigenvalue weighted by atomic mass is 9.98. The fourth-order valence-corrected chi connectivity index (χ4v) is 5.56. The lowest BCUT2D eigenvalue weighted by Crippen LogP contribution is -2.61. The van der Waals surface area contributed by atoms with E-state index in [0.717, 1.165) is 25.7 Å². The van der Waals surface area contributed by atoms with E-state index in [9.17, 15) is 44.2 Å². The minimum absolute atomic E-state index is 0.268. The molecule has 2 heterocycles. The van der Waals surface area contributed by atoms with Gasteiger partial charge >= 0.3 is 0 Å². The Kier molecular flexibility index (Phi) is 17.8. The van der Waals surface area contributed by atoms with Gasteiger partial charge in [-0.3, -0.25) is 4.55 Å². The summed E-state index contributed by atoms with van der Waals surface area (Å²) in [5, 5.41) is 71.5. The van der Waals surface area contributed by atoms with Crippen molar-refractivity contribution in [3.05, 3.63) is 0 Å². The monoisotopic (exact) mass is 648 g/mol. The lowest BCUT2D eigenvalue weighted by Gasteiger charge is -2.43. The molecule has 0 saturated carbocycles. The first-order chi connectivity index (χ1) is 20.4. The highest BCUT2D eigenvalue weighted by atomic mass is 32.2. The Balaban J connectivity index is 1.77. The minimum Gasteiger partial charge on any atom is -0.390 e. The number of ether oxygens (including phenoxy) is 5. The molecule has 256 valence electrons. The molecule has 0 aromatic heterocycles. The Labute approximate surface area is 253 Å². The number of hydrogen-bond donors (Lipinski definition) is 8. The van der Waals surface area contributed by atoms with Crippen LogP contribution in [0.2, 0.25) is 0 Å². The van der Waals surface area contributed by atoms with Gasteiger partial charge in [0.1, 0.15) is 54.6 Å². The third-order valence-electron chi connectivity index (χ3n) is 7.54. The number of aliphatic hydroxyl groups excluding tert-OH is 7. The highest BCUT2D eigenvalue weighted by Gasteiger charge is 2.47. The first-order valence-electron chi connectivity index (χ1n) is 15.2. The third-order valence-corrected chi connectivity index (χ3v) is 8.34. The molecule has 2 aliphatic heterocycles. The Morgan fingerprint density at radius 1 is 0.651 bits per heavy atom. The van der Waals surface area contributed by atoms with Gasteiger partial charge in [0.2, 0.25) is 0 Å². The van der Waals surface area contributed by atoms with Gasteiger partial charge in [0.25, 0.3) is 10.1 Å². The summed E-state index contributed by atoms with van der Waals surface area (Å²) in [4.78, 5) is 0. The molecule has 11 atom stereocenters. The van der Waals surface area contributed by atoms with E-state index < -0.39 is 103 Å². The maximum absolute atomic E-state index is 10.8. The van der Waals surface area contributed by atoms with Crippen molar-refractivity contribution in [3.63, 3.8) is 0 Å². The summed E-state index contributed by atoms with van der Waals surface area (Å²) in [6.45, 7) is 1.01. The third kappa shape index (κ3) is 13.8. The topological polar surface area (TPSA) is 242 Å². The number of aliphatic hydroxyl groups is 7. The summed E-state index contributed by atoms with van der Waals surface area (Å²) in [6.07, 6.45) is -5.28. The van der Waals surface area contributed by atoms with Gasteiger partial charge in [0, 0.05) is 6.61 Å². The molecule has 2 fully saturated rings. The zero-order valence-electron chi connectivity index (χ0n) is 24.8. The molecule has 0 spiro atoms. The summed E-state index contributed by atoms with van der Waals surface area (Å²) < 4.78 is 57.8. The molecule has 0 aromatic rings. The molecule has 0 radical (unpaired) electrons. The van der Waals surface area contributed by atoms with Gasteiger partial charge in [-0.25, -0.2) is 0 Å². The van der Waals surface area contributed by atoms with Crippen molar-refractivity contribution in [1.82, 2.24) is 0 Å². The van der Waals surface area contributed by atoms with Crippen LogP contribution in [-0.2, 0) is 33.8 Å². The van der Waals surface area contributed by atoms with Gasteiger partial charge in [0.15, 0.2) is 12.6 Å². The van der Waals surface area contributed by atoms with Crippen LogP contribution in [0.1, 0.15) is 71.1 Å². The van der Waals surface area contributed by atoms with E-state index in [1.165, 1.54) is 38.5 Å². The van der Waals surface area contributed by atoms with Crippen LogP contribution in [-0.4, -0.2) is 148 Å². The lowest BCUT2D eigenvalue weighted by molar-refractivity contribution is -0.332. The van der Waals surface area contributed by atoms with Crippen molar-refractivity contribution in [2.24, 2.45) is 0 Å². The van der Waals surface area contributed by atoms with Crippen molar-refractivity contribution < 1.29 is 72.4 Å². The Hall–Kier alpha value is -0.570. The zero-order valence-corrected chi connectivity index (χ0v) is 25.6. The van der Waals surface area contributed by atoms with Crippen LogP contribution >= 0.6 is 0 Å². The second kappa shape index (κ2) is 19.8. The van der Waals surface area contributed by atoms with Crippen molar-refractivity contribution in [2.75, 3.05) is 32.2 Å². The van der Waals surface area contributed by atoms with Gasteiger partial charge in [-0.15, -0.1) is 0 Å². The summed E-state index contributed by atoms with van der Waals surface area (Å²) in [5.41, 5.74) is 0. The first-order valence-corrected chi connectivity index (χ1v) is 16.8. The standard InChI is InChI=1S/C27H52O15S/c1-2-3-4-5-6-7-8-9-10-11-12-39-26-24(33)23(32)21(30)19(42-26)15-40-27-25(34)22(31)20(29)18(41-27)14-38-13-17(28)16-43(35,36)37/h17-34H,2-16H2,1H3,(H,35,36,37)/t17?,18-,19-,20-,21-,22+,23+,24-,25-,26-,27+/m1/s1. The van der Waals surface area contributed by atoms with E-state index >= 15 is 0 Å². The van der Waals surface area contributed by atoms with Crippen LogP contribution < -0.4 is 0 Å². The Morgan fingerprint density at radius 3 is 1.63 bits per heavy atom. The molecule has 16 heteroatoms. The van der Waals surface area contributed by atoms with Gasteiger partial charge in [-0.2, -0.15) is 8.42 Å². The predicted octanol–water partition coefficient (Wildman–Crippen LogP) is -1.18. The average molecular weight is 649 g/mol. The van der Waals surface area contributed by atoms with Crippen LogP contribution in [0.25, 0.3) is 0 Å².